The standard InChI is InChI=1S/C25H23F4N7O/c1-14(2)35-8-4-5-17(11-35)21-30-10-19-23(33-21)36(24(37)31-19)12-16-7-6-15(9-18(16)26)22-32-20(13-34(22)3)25(27,28)29/h4-10,13-14H,11-12H2,1-3H3,(H,31,37). The summed E-state index contributed by atoms with van der Waals surface area (Å²) in [5.74, 6) is -0.247. The summed E-state index contributed by atoms with van der Waals surface area (Å²) in [5.41, 5.74) is 0.419. The number of rotatable bonds is 5. The van der Waals surface area contributed by atoms with Crippen LogP contribution < -0.4 is 5.69 Å². The van der Waals surface area contributed by atoms with Gasteiger partial charge in [-0.1, -0.05) is 18.2 Å². The van der Waals surface area contributed by atoms with Crippen LogP contribution in [0.2, 0.25) is 0 Å². The highest BCUT2D eigenvalue weighted by molar-refractivity contribution is 5.74. The van der Waals surface area contributed by atoms with Crippen molar-refractivity contribution in [2.45, 2.75) is 32.6 Å². The van der Waals surface area contributed by atoms with Gasteiger partial charge in [0.25, 0.3) is 0 Å². The second-order valence-electron chi connectivity index (χ2n) is 9.11. The van der Waals surface area contributed by atoms with Gasteiger partial charge in [-0.2, -0.15) is 13.2 Å². The molecule has 0 atom stereocenters. The molecule has 3 aromatic heterocycles. The molecule has 8 nitrogen and oxygen atoms in total. The lowest BCUT2D eigenvalue weighted by Gasteiger charge is -2.27. The summed E-state index contributed by atoms with van der Waals surface area (Å²) in [4.78, 5) is 30.1. The van der Waals surface area contributed by atoms with Gasteiger partial charge in [0.15, 0.2) is 17.2 Å². The smallest absolute Gasteiger partial charge is 0.371 e. The third-order valence-electron chi connectivity index (χ3n) is 6.20. The van der Waals surface area contributed by atoms with Crippen LogP contribution >= 0.6 is 0 Å². The van der Waals surface area contributed by atoms with Crippen LogP contribution in [0.25, 0.3) is 28.1 Å². The van der Waals surface area contributed by atoms with E-state index in [4.69, 9.17) is 0 Å². The molecule has 0 saturated heterocycles. The van der Waals surface area contributed by atoms with Gasteiger partial charge in [-0.3, -0.25) is 4.57 Å². The van der Waals surface area contributed by atoms with Gasteiger partial charge in [0.05, 0.1) is 12.7 Å². The molecular weight excluding hydrogens is 490 g/mol. The van der Waals surface area contributed by atoms with E-state index in [2.05, 4.69) is 38.7 Å². The Hall–Kier alpha value is -4.22. The largest absolute Gasteiger partial charge is 0.434 e. The van der Waals surface area contributed by atoms with Crippen LogP contribution in [0.15, 0.2) is 53.7 Å². The molecule has 0 saturated carbocycles. The number of allylic oxidation sites excluding steroid dienone is 2. The van der Waals surface area contributed by atoms with Gasteiger partial charge >= 0.3 is 11.9 Å². The predicted octanol–water partition coefficient (Wildman–Crippen LogP) is 4.35. The van der Waals surface area contributed by atoms with Gasteiger partial charge in [-0.15, -0.1) is 0 Å². The molecular formula is C25H23F4N7O. The average Bonchev–Trinajstić information content (AvgIpc) is 3.39. The number of benzene rings is 1. The summed E-state index contributed by atoms with van der Waals surface area (Å²) in [6.07, 6.45) is 3.57. The molecule has 0 aliphatic carbocycles. The zero-order valence-electron chi connectivity index (χ0n) is 20.2. The number of aryl methyl sites for hydroxylation is 1. The Kier molecular flexibility index (Phi) is 5.97. The lowest BCUT2D eigenvalue weighted by molar-refractivity contribution is -0.140. The topological polar surface area (TPSA) is 84.6 Å². The number of alkyl halides is 3. The van der Waals surface area contributed by atoms with Crippen molar-refractivity contribution < 1.29 is 17.6 Å². The number of aromatic amines is 1. The minimum absolute atomic E-state index is 0.0235. The van der Waals surface area contributed by atoms with E-state index in [-0.39, 0.29) is 29.5 Å². The minimum Gasteiger partial charge on any atom is -0.371 e. The quantitative estimate of drug-likeness (QED) is 0.401. The van der Waals surface area contributed by atoms with Crippen molar-refractivity contribution in [3.05, 3.63) is 82.3 Å². The maximum absolute atomic E-state index is 15.1. The second kappa shape index (κ2) is 9.02. The van der Waals surface area contributed by atoms with E-state index in [0.29, 0.717) is 23.5 Å². The first-order valence-corrected chi connectivity index (χ1v) is 11.5. The van der Waals surface area contributed by atoms with E-state index >= 15 is 4.39 Å². The first kappa shape index (κ1) is 24.5. The molecule has 0 radical (unpaired) electrons. The second-order valence-corrected chi connectivity index (χ2v) is 9.11. The van der Waals surface area contributed by atoms with E-state index in [9.17, 15) is 18.0 Å². The van der Waals surface area contributed by atoms with E-state index in [1.54, 1.807) is 0 Å². The Morgan fingerprint density at radius 3 is 2.65 bits per heavy atom. The van der Waals surface area contributed by atoms with E-state index in [1.807, 2.05) is 18.4 Å². The summed E-state index contributed by atoms with van der Waals surface area (Å²) in [7, 11) is 1.41. The molecule has 1 aliphatic heterocycles. The van der Waals surface area contributed by atoms with E-state index in [0.717, 1.165) is 17.8 Å². The number of fused-ring (bicyclic) bond motifs is 1. The third-order valence-corrected chi connectivity index (χ3v) is 6.20. The van der Waals surface area contributed by atoms with Gasteiger partial charge in [0, 0.05) is 42.5 Å². The van der Waals surface area contributed by atoms with Gasteiger partial charge in [0.2, 0.25) is 0 Å². The molecule has 4 heterocycles. The maximum Gasteiger partial charge on any atom is 0.434 e. The van der Waals surface area contributed by atoms with Crippen molar-refractivity contribution in [2.75, 3.05) is 6.54 Å². The molecule has 4 aromatic rings. The summed E-state index contributed by atoms with van der Waals surface area (Å²) in [6, 6.07) is 4.29. The molecule has 0 bridgehead atoms. The Morgan fingerprint density at radius 1 is 1.19 bits per heavy atom. The predicted molar refractivity (Wildman–Crippen MR) is 130 cm³/mol. The van der Waals surface area contributed by atoms with Gasteiger partial charge in [0.1, 0.15) is 17.2 Å². The third kappa shape index (κ3) is 4.66. The maximum atomic E-state index is 15.1. The molecule has 1 aromatic carbocycles. The number of nitrogens with zero attached hydrogens (tertiary/aromatic N) is 6. The van der Waals surface area contributed by atoms with Crippen LogP contribution in [0.3, 0.4) is 0 Å². The van der Waals surface area contributed by atoms with Crippen LogP contribution in [0, 0.1) is 5.82 Å². The van der Waals surface area contributed by atoms with Crippen molar-refractivity contribution in [3.63, 3.8) is 0 Å². The molecule has 0 spiro atoms. The van der Waals surface area contributed by atoms with Crippen LogP contribution in [0.1, 0.15) is 30.9 Å². The van der Waals surface area contributed by atoms with Crippen LogP contribution in [0.5, 0.6) is 0 Å². The molecule has 12 heteroatoms. The van der Waals surface area contributed by atoms with Crippen molar-refractivity contribution >= 4 is 16.7 Å². The SMILES string of the molecule is CC(C)N1C=CC=C(c2ncc3[nH]c(=O)n(Cc4ccc(-c5nc(C(F)(F)F)cn5C)cc4F)c3n2)C1. The number of imidazole rings is 2. The highest BCUT2D eigenvalue weighted by Crippen LogP contribution is 2.31. The molecule has 192 valence electrons. The first-order chi connectivity index (χ1) is 17.5. The number of H-pyrrole nitrogens is 1. The molecule has 37 heavy (non-hydrogen) atoms. The summed E-state index contributed by atoms with van der Waals surface area (Å²) in [5, 5.41) is 0. The van der Waals surface area contributed by atoms with E-state index < -0.39 is 23.4 Å². The van der Waals surface area contributed by atoms with Crippen LogP contribution in [-0.4, -0.2) is 46.6 Å². The van der Waals surface area contributed by atoms with Crippen LogP contribution in [-0.2, 0) is 19.8 Å². The minimum atomic E-state index is -4.61. The fourth-order valence-electron chi connectivity index (χ4n) is 4.17. The number of hydrogen-bond acceptors (Lipinski definition) is 5. The van der Waals surface area contributed by atoms with Crippen molar-refractivity contribution in [1.82, 2.24) is 34.0 Å². The lowest BCUT2D eigenvalue weighted by Crippen LogP contribution is -2.28. The normalized spacial score (nSPS) is 14.2. The summed E-state index contributed by atoms with van der Waals surface area (Å²) >= 11 is 0. The summed E-state index contributed by atoms with van der Waals surface area (Å²) in [6.45, 7) is 4.62. The van der Waals surface area contributed by atoms with E-state index in [1.165, 1.54) is 34.5 Å². The monoisotopic (exact) mass is 513 g/mol. The van der Waals surface area contributed by atoms with Gasteiger partial charge in [-0.25, -0.2) is 24.1 Å². The first-order valence-electron chi connectivity index (χ1n) is 11.5. The number of aromatic nitrogens is 6. The van der Waals surface area contributed by atoms with Crippen molar-refractivity contribution in [2.24, 2.45) is 7.05 Å². The molecule has 0 fully saturated rings. The van der Waals surface area contributed by atoms with Gasteiger partial charge in [-0.05, 0) is 32.2 Å². The van der Waals surface area contributed by atoms with Crippen molar-refractivity contribution in [1.29, 1.82) is 0 Å². The molecule has 5 rings (SSSR count). The molecule has 1 aliphatic rings. The highest BCUT2D eigenvalue weighted by Gasteiger charge is 2.34. The Labute approximate surface area is 208 Å². The highest BCUT2D eigenvalue weighted by atomic mass is 19.4. The lowest BCUT2D eigenvalue weighted by atomic mass is 10.1. The fraction of sp³-hybridized carbons (Fsp3) is 0.280. The molecule has 0 amide bonds. The van der Waals surface area contributed by atoms with Crippen molar-refractivity contribution in [3.8, 4) is 11.4 Å². The number of nitrogens with one attached hydrogen (secondary N) is 1. The van der Waals surface area contributed by atoms with Crippen LogP contribution in [0.4, 0.5) is 17.6 Å². The number of hydrogen-bond donors (Lipinski definition) is 1. The Bertz CT molecular complexity index is 1610. The van der Waals surface area contributed by atoms with Gasteiger partial charge < -0.3 is 14.5 Å². The Morgan fingerprint density at radius 2 is 1.97 bits per heavy atom. The number of halogens is 4. The zero-order valence-corrected chi connectivity index (χ0v) is 20.2. The fourth-order valence-corrected chi connectivity index (χ4v) is 4.17. The molecule has 1 N–H and O–H groups in total. The average molecular weight is 513 g/mol. The zero-order chi connectivity index (χ0) is 26.5. The Balaban J connectivity index is 1.47. The molecule has 0 unspecified atom stereocenters. The summed E-state index contributed by atoms with van der Waals surface area (Å²) < 4.78 is 56.6.